The van der Waals surface area contributed by atoms with Crippen LogP contribution in [-0.2, 0) is 9.47 Å². The number of rotatable bonds is 9. The summed E-state index contributed by atoms with van der Waals surface area (Å²) in [4.78, 5) is 18.4. The fourth-order valence-corrected chi connectivity index (χ4v) is 2.01. The summed E-state index contributed by atoms with van der Waals surface area (Å²) in [5.74, 6) is 1.38. The Hall–Kier alpha value is -1.93. The molecule has 0 spiro atoms. The van der Waals surface area contributed by atoms with Crippen LogP contribution in [0.2, 0.25) is 0 Å². The van der Waals surface area contributed by atoms with Crippen LogP contribution < -0.4 is 10.2 Å². The Kier molecular flexibility index (Phi) is 5.70. The predicted molar refractivity (Wildman–Crippen MR) is 81.8 cm³/mol. The molecule has 116 valence electrons. The van der Waals surface area contributed by atoms with Crippen molar-refractivity contribution in [1.29, 1.82) is 0 Å². The Labute approximate surface area is 123 Å². The largest absolute Gasteiger partial charge is 0.383 e. The topological polar surface area (TPSA) is 88.2 Å². The number of nitrogens with one attached hydrogen (secondary N) is 2. The molecule has 0 aromatic carbocycles. The van der Waals surface area contributed by atoms with Crippen molar-refractivity contribution in [3.05, 3.63) is 6.33 Å². The number of methoxy groups -OCH3 is 2. The molecule has 2 heterocycles. The number of ether oxygens (including phenoxy) is 2. The Morgan fingerprint density at radius 2 is 1.90 bits per heavy atom. The van der Waals surface area contributed by atoms with E-state index in [4.69, 9.17) is 9.47 Å². The second kappa shape index (κ2) is 7.75. The van der Waals surface area contributed by atoms with Gasteiger partial charge in [0, 0.05) is 33.9 Å². The van der Waals surface area contributed by atoms with Crippen LogP contribution in [0.5, 0.6) is 0 Å². The number of aromatic nitrogens is 4. The lowest BCUT2D eigenvalue weighted by Gasteiger charge is -2.23. The molecule has 8 heteroatoms. The number of hydrogen-bond donors (Lipinski definition) is 2. The van der Waals surface area contributed by atoms with Crippen LogP contribution in [0.25, 0.3) is 11.2 Å². The first-order valence-electron chi connectivity index (χ1n) is 6.98. The molecular weight excluding hydrogens is 272 g/mol. The lowest BCUT2D eigenvalue weighted by Crippen LogP contribution is -2.32. The minimum Gasteiger partial charge on any atom is -0.383 e. The van der Waals surface area contributed by atoms with E-state index >= 15 is 0 Å². The monoisotopic (exact) mass is 294 g/mol. The fraction of sp³-hybridized carbons (Fsp3) is 0.615. The summed E-state index contributed by atoms with van der Waals surface area (Å²) in [7, 11) is 3.37. The Morgan fingerprint density at radius 1 is 1.19 bits per heavy atom. The van der Waals surface area contributed by atoms with E-state index in [1.807, 2.05) is 6.92 Å². The van der Waals surface area contributed by atoms with Gasteiger partial charge in [-0.25, -0.2) is 4.98 Å². The average molecular weight is 294 g/mol. The summed E-state index contributed by atoms with van der Waals surface area (Å²) < 4.78 is 10.4. The summed E-state index contributed by atoms with van der Waals surface area (Å²) in [5.41, 5.74) is 1.47. The van der Waals surface area contributed by atoms with E-state index in [1.165, 1.54) is 0 Å². The third kappa shape index (κ3) is 3.79. The van der Waals surface area contributed by atoms with Crippen LogP contribution in [0.4, 0.5) is 11.8 Å². The van der Waals surface area contributed by atoms with Crippen LogP contribution in [0.3, 0.4) is 0 Å². The van der Waals surface area contributed by atoms with Crippen molar-refractivity contribution < 1.29 is 9.47 Å². The normalized spacial score (nSPS) is 11.0. The van der Waals surface area contributed by atoms with Crippen molar-refractivity contribution in [3.8, 4) is 0 Å². The summed E-state index contributed by atoms with van der Waals surface area (Å²) >= 11 is 0. The van der Waals surface area contributed by atoms with Crippen LogP contribution in [0.15, 0.2) is 6.33 Å². The quantitative estimate of drug-likeness (QED) is 0.710. The summed E-state index contributed by atoms with van der Waals surface area (Å²) in [6.45, 7) is 5.42. The van der Waals surface area contributed by atoms with Crippen molar-refractivity contribution in [2.24, 2.45) is 0 Å². The Morgan fingerprint density at radius 3 is 2.52 bits per heavy atom. The third-order valence-corrected chi connectivity index (χ3v) is 3.03. The molecule has 8 nitrogen and oxygen atoms in total. The highest BCUT2D eigenvalue weighted by molar-refractivity contribution is 5.84. The number of aromatic amines is 1. The molecule has 0 radical (unpaired) electrons. The molecule has 0 aliphatic rings. The molecule has 0 saturated carbocycles. The second-order valence-electron chi connectivity index (χ2n) is 4.47. The van der Waals surface area contributed by atoms with E-state index < -0.39 is 0 Å². The third-order valence-electron chi connectivity index (χ3n) is 3.03. The summed E-state index contributed by atoms with van der Waals surface area (Å²) in [6.07, 6.45) is 1.63. The molecule has 0 bridgehead atoms. The molecule has 0 fully saturated rings. The maximum absolute atomic E-state index is 5.18. The maximum Gasteiger partial charge on any atom is 0.226 e. The lowest BCUT2D eigenvalue weighted by atomic mass is 10.4. The van der Waals surface area contributed by atoms with Gasteiger partial charge in [0.15, 0.2) is 11.5 Å². The average Bonchev–Trinajstić information content (AvgIpc) is 2.95. The number of anilines is 2. The van der Waals surface area contributed by atoms with Crippen molar-refractivity contribution >= 4 is 22.9 Å². The molecule has 2 aromatic heterocycles. The molecule has 2 aromatic rings. The molecule has 2 N–H and O–H groups in total. The van der Waals surface area contributed by atoms with E-state index in [9.17, 15) is 0 Å². The zero-order valence-corrected chi connectivity index (χ0v) is 12.7. The SMILES string of the molecule is CCNc1nc(N(CCOC)CCOC)c2[nH]cnc2n1. The number of hydrogen-bond acceptors (Lipinski definition) is 7. The fourth-order valence-electron chi connectivity index (χ4n) is 2.01. The van der Waals surface area contributed by atoms with Crippen LogP contribution in [-0.4, -0.2) is 67.0 Å². The minimum absolute atomic E-state index is 0.576. The van der Waals surface area contributed by atoms with Gasteiger partial charge in [0.2, 0.25) is 5.95 Å². The van der Waals surface area contributed by atoms with Crippen molar-refractivity contribution in [3.63, 3.8) is 0 Å². The molecule has 0 aliphatic carbocycles. The van der Waals surface area contributed by atoms with Gasteiger partial charge in [-0.05, 0) is 6.92 Å². The molecule has 0 saturated heterocycles. The molecule has 0 atom stereocenters. The Bertz CT molecular complexity index is 551. The zero-order valence-electron chi connectivity index (χ0n) is 12.7. The highest BCUT2D eigenvalue weighted by atomic mass is 16.5. The van der Waals surface area contributed by atoms with Crippen molar-refractivity contribution in [2.45, 2.75) is 6.92 Å². The van der Waals surface area contributed by atoms with E-state index in [0.29, 0.717) is 24.8 Å². The summed E-state index contributed by atoms with van der Waals surface area (Å²) in [5, 5.41) is 3.13. The number of fused-ring (bicyclic) bond motifs is 1. The van der Waals surface area contributed by atoms with Crippen LogP contribution in [0.1, 0.15) is 6.92 Å². The number of imidazole rings is 1. The van der Waals surface area contributed by atoms with Crippen molar-refractivity contribution in [1.82, 2.24) is 19.9 Å². The standard InChI is InChI=1S/C13H22N6O2/c1-4-14-13-17-11-10(15-9-16-11)12(18-13)19(5-7-20-2)6-8-21-3/h9H,4-8H2,1-3H3,(H2,14,15,16,17,18). The van der Waals surface area contributed by atoms with Gasteiger partial charge in [-0.3, -0.25) is 0 Å². The zero-order chi connectivity index (χ0) is 15.1. The molecule has 0 unspecified atom stereocenters. The molecule has 21 heavy (non-hydrogen) atoms. The van der Waals surface area contributed by atoms with Gasteiger partial charge in [0.1, 0.15) is 5.52 Å². The number of H-pyrrole nitrogens is 1. The van der Waals surface area contributed by atoms with Crippen molar-refractivity contribution in [2.75, 3.05) is 57.3 Å². The first-order valence-corrected chi connectivity index (χ1v) is 6.98. The van der Waals surface area contributed by atoms with E-state index in [-0.39, 0.29) is 0 Å². The highest BCUT2D eigenvalue weighted by Gasteiger charge is 2.16. The van der Waals surface area contributed by atoms with Crippen LogP contribution in [0, 0.1) is 0 Å². The molecule has 2 rings (SSSR count). The van der Waals surface area contributed by atoms with Gasteiger partial charge in [0.25, 0.3) is 0 Å². The Balaban J connectivity index is 2.35. The molecular formula is C13H22N6O2. The van der Waals surface area contributed by atoms with Crippen LogP contribution >= 0.6 is 0 Å². The van der Waals surface area contributed by atoms with Gasteiger partial charge in [-0.2, -0.15) is 9.97 Å². The van der Waals surface area contributed by atoms with E-state index in [2.05, 4.69) is 30.2 Å². The second-order valence-corrected chi connectivity index (χ2v) is 4.47. The van der Waals surface area contributed by atoms with E-state index in [0.717, 1.165) is 31.0 Å². The molecule has 0 aliphatic heterocycles. The van der Waals surface area contributed by atoms with Gasteiger partial charge in [-0.1, -0.05) is 0 Å². The van der Waals surface area contributed by atoms with Gasteiger partial charge < -0.3 is 24.7 Å². The maximum atomic E-state index is 5.18. The minimum atomic E-state index is 0.576. The first kappa shape index (κ1) is 15.5. The van der Waals surface area contributed by atoms with Gasteiger partial charge >= 0.3 is 0 Å². The lowest BCUT2D eigenvalue weighted by molar-refractivity contribution is 0.190. The first-order chi connectivity index (χ1) is 10.3. The highest BCUT2D eigenvalue weighted by Crippen LogP contribution is 2.22. The smallest absolute Gasteiger partial charge is 0.226 e. The predicted octanol–water partition coefficient (Wildman–Crippen LogP) is 0.884. The summed E-state index contributed by atoms with van der Waals surface area (Å²) in [6, 6.07) is 0. The van der Waals surface area contributed by atoms with Gasteiger partial charge in [-0.15, -0.1) is 0 Å². The van der Waals surface area contributed by atoms with E-state index in [1.54, 1.807) is 20.5 Å². The number of nitrogens with zero attached hydrogens (tertiary/aromatic N) is 4. The molecule has 0 amide bonds. The van der Waals surface area contributed by atoms with Gasteiger partial charge in [0.05, 0.1) is 19.5 Å².